The summed E-state index contributed by atoms with van der Waals surface area (Å²) in [5.74, 6) is 0.246. The fourth-order valence-corrected chi connectivity index (χ4v) is 4.12. The average molecular weight is 358 g/mol. The van der Waals surface area contributed by atoms with Crippen LogP contribution >= 0.6 is 0 Å². The van der Waals surface area contributed by atoms with Crippen LogP contribution < -0.4 is 10.2 Å². The van der Waals surface area contributed by atoms with Gasteiger partial charge in [0, 0.05) is 18.8 Å². The van der Waals surface area contributed by atoms with E-state index in [0.29, 0.717) is 6.54 Å². The van der Waals surface area contributed by atoms with Crippen molar-refractivity contribution in [2.24, 2.45) is 5.41 Å². The Hall–Kier alpha value is -2.04. The topological polar surface area (TPSA) is 58.6 Å². The summed E-state index contributed by atoms with van der Waals surface area (Å²) < 4.78 is 5.49. The summed E-state index contributed by atoms with van der Waals surface area (Å²) in [5, 5.41) is 2.75. The van der Waals surface area contributed by atoms with Gasteiger partial charge in [-0.1, -0.05) is 26.0 Å². The van der Waals surface area contributed by atoms with E-state index in [1.165, 1.54) is 5.56 Å². The van der Waals surface area contributed by atoms with Gasteiger partial charge in [0.2, 0.25) is 5.91 Å². The molecule has 1 aliphatic carbocycles. The Kier molecular flexibility index (Phi) is 5.84. The summed E-state index contributed by atoms with van der Waals surface area (Å²) in [7, 11) is 0. The number of nitrogens with one attached hydrogen (secondary N) is 1. The van der Waals surface area contributed by atoms with Crippen molar-refractivity contribution in [2.45, 2.75) is 64.9 Å². The first kappa shape index (κ1) is 18.7. The molecule has 0 radical (unpaired) electrons. The first-order valence-corrected chi connectivity index (χ1v) is 9.93. The fraction of sp³-hybridized carbons (Fsp3) is 0.619. The molecule has 0 bridgehead atoms. The van der Waals surface area contributed by atoms with E-state index in [9.17, 15) is 9.59 Å². The number of rotatable bonds is 5. The van der Waals surface area contributed by atoms with E-state index >= 15 is 0 Å². The van der Waals surface area contributed by atoms with Crippen LogP contribution in [-0.2, 0) is 16.0 Å². The van der Waals surface area contributed by atoms with Gasteiger partial charge in [0.05, 0.1) is 5.41 Å². The van der Waals surface area contributed by atoms with Crippen LogP contribution in [0.4, 0.5) is 10.5 Å². The highest BCUT2D eigenvalue weighted by Crippen LogP contribution is 2.46. The molecule has 5 nitrogen and oxygen atoms in total. The van der Waals surface area contributed by atoms with Crippen molar-refractivity contribution >= 4 is 17.7 Å². The minimum absolute atomic E-state index is 0.0665. The largest absolute Gasteiger partial charge is 0.446 e. The van der Waals surface area contributed by atoms with Crippen LogP contribution in [0.2, 0.25) is 0 Å². The predicted molar refractivity (Wildman–Crippen MR) is 102 cm³/mol. The van der Waals surface area contributed by atoms with Gasteiger partial charge in [-0.15, -0.1) is 0 Å². The summed E-state index contributed by atoms with van der Waals surface area (Å²) >= 11 is 0. The van der Waals surface area contributed by atoms with Crippen LogP contribution in [0, 0.1) is 5.41 Å². The summed E-state index contributed by atoms with van der Waals surface area (Å²) in [6.45, 7) is 5.57. The van der Waals surface area contributed by atoms with Crippen molar-refractivity contribution in [3.8, 4) is 0 Å². The zero-order valence-electron chi connectivity index (χ0n) is 15.9. The third-order valence-corrected chi connectivity index (χ3v) is 5.85. The Balaban J connectivity index is 1.57. The van der Waals surface area contributed by atoms with E-state index in [-0.39, 0.29) is 23.5 Å². The van der Waals surface area contributed by atoms with Gasteiger partial charge < -0.3 is 15.0 Å². The monoisotopic (exact) mass is 358 g/mol. The number of aryl methyl sites for hydroxylation is 1. The number of ether oxygens (including phenoxy) is 1. The Labute approximate surface area is 156 Å². The molecule has 1 N–H and O–H groups in total. The molecule has 0 unspecified atom stereocenters. The highest BCUT2D eigenvalue weighted by Gasteiger charge is 2.49. The van der Waals surface area contributed by atoms with Crippen LogP contribution in [0.5, 0.6) is 0 Å². The molecule has 1 spiro atoms. The number of carbonyl (C=O) groups excluding carboxylic acids is 2. The minimum atomic E-state index is -0.330. The highest BCUT2D eigenvalue weighted by atomic mass is 16.6. The Morgan fingerprint density at radius 3 is 2.50 bits per heavy atom. The number of hydrogen-bond acceptors (Lipinski definition) is 3. The maximum Gasteiger partial charge on any atom is 0.407 e. The van der Waals surface area contributed by atoms with Gasteiger partial charge in [0.1, 0.15) is 6.10 Å². The molecule has 1 aromatic carbocycles. The standard InChI is InChI=1S/C21H30N2O3/c1-3-14-22-20(25)26-18-9-11-21(12-10-18)13-15-23(19(21)24)17-7-5-16(4-2)6-8-17/h5-8,18H,3-4,9-15H2,1-2H3,(H,22,25). The lowest BCUT2D eigenvalue weighted by Gasteiger charge is -2.35. The molecule has 1 heterocycles. The SMILES string of the molecule is CCCNC(=O)OC1CCC2(CC1)CCN(c1ccc(CC)cc1)C2=O. The zero-order chi connectivity index (χ0) is 18.6. The molecule has 2 fully saturated rings. The van der Waals surface area contributed by atoms with Crippen LogP contribution in [0.3, 0.4) is 0 Å². The summed E-state index contributed by atoms with van der Waals surface area (Å²) in [6, 6.07) is 8.33. The Morgan fingerprint density at radius 2 is 1.88 bits per heavy atom. The summed E-state index contributed by atoms with van der Waals surface area (Å²) in [6.07, 6.45) is 5.56. The highest BCUT2D eigenvalue weighted by molar-refractivity contribution is 6.00. The number of carbonyl (C=O) groups is 2. The number of hydrogen-bond donors (Lipinski definition) is 1. The smallest absolute Gasteiger partial charge is 0.407 e. The van der Waals surface area contributed by atoms with Gasteiger partial charge in [-0.25, -0.2) is 4.79 Å². The van der Waals surface area contributed by atoms with Gasteiger partial charge in [-0.3, -0.25) is 4.79 Å². The third kappa shape index (κ3) is 3.87. The van der Waals surface area contributed by atoms with Crippen LogP contribution in [0.25, 0.3) is 0 Å². The Morgan fingerprint density at radius 1 is 1.19 bits per heavy atom. The zero-order valence-corrected chi connectivity index (χ0v) is 15.9. The van der Waals surface area contributed by atoms with Crippen molar-refractivity contribution in [1.82, 2.24) is 5.32 Å². The number of alkyl carbamates (subject to hydrolysis) is 1. The minimum Gasteiger partial charge on any atom is -0.446 e. The molecule has 1 saturated carbocycles. The molecule has 0 atom stereocenters. The molecule has 142 valence electrons. The molecule has 1 aromatic rings. The molecule has 5 heteroatoms. The van der Waals surface area contributed by atoms with Gasteiger partial charge in [-0.05, 0) is 62.6 Å². The van der Waals surface area contributed by atoms with Gasteiger partial charge in [0.25, 0.3) is 0 Å². The fourth-order valence-electron chi connectivity index (χ4n) is 4.12. The van der Waals surface area contributed by atoms with Crippen molar-refractivity contribution in [3.05, 3.63) is 29.8 Å². The molecule has 1 saturated heterocycles. The maximum atomic E-state index is 13.1. The lowest BCUT2D eigenvalue weighted by atomic mass is 9.72. The van der Waals surface area contributed by atoms with Crippen LogP contribution in [-0.4, -0.2) is 31.2 Å². The van der Waals surface area contributed by atoms with E-state index < -0.39 is 0 Å². The molecular formula is C21H30N2O3. The van der Waals surface area contributed by atoms with Crippen molar-refractivity contribution in [1.29, 1.82) is 0 Å². The second-order valence-corrected chi connectivity index (χ2v) is 7.54. The second-order valence-electron chi connectivity index (χ2n) is 7.54. The lowest BCUT2D eigenvalue weighted by molar-refractivity contribution is -0.128. The number of amides is 2. The molecule has 3 rings (SSSR count). The van der Waals surface area contributed by atoms with E-state index in [4.69, 9.17) is 4.74 Å². The average Bonchev–Trinajstić information content (AvgIpc) is 2.98. The van der Waals surface area contributed by atoms with E-state index in [1.807, 2.05) is 11.8 Å². The molecule has 26 heavy (non-hydrogen) atoms. The van der Waals surface area contributed by atoms with Crippen molar-refractivity contribution in [3.63, 3.8) is 0 Å². The quantitative estimate of drug-likeness (QED) is 0.864. The number of benzene rings is 1. The van der Waals surface area contributed by atoms with E-state index in [0.717, 1.165) is 57.2 Å². The molecular weight excluding hydrogens is 328 g/mol. The van der Waals surface area contributed by atoms with E-state index in [1.54, 1.807) is 0 Å². The molecule has 2 amide bonds. The first-order valence-electron chi connectivity index (χ1n) is 9.93. The summed E-state index contributed by atoms with van der Waals surface area (Å²) in [4.78, 5) is 26.8. The Bertz CT molecular complexity index is 633. The summed E-state index contributed by atoms with van der Waals surface area (Å²) in [5.41, 5.74) is 2.03. The van der Waals surface area contributed by atoms with E-state index in [2.05, 4.69) is 36.5 Å². The van der Waals surface area contributed by atoms with Crippen molar-refractivity contribution in [2.75, 3.05) is 18.0 Å². The van der Waals surface area contributed by atoms with Gasteiger partial charge in [0.15, 0.2) is 0 Å². The molecule has 2 aliphatic rings. The first-order chi connectivity index (χ1) is 12.6. The normalized spacial score (nSPS) is 25.5. The van der Waals surface area contributed by atoms with Gasteiger partial charge >= 0.3 is 6.09 Å². The lowest BCUT2D eigenvalue weighted by Crippen LogP contribution is -2.40. The number of nitrogens with zero attached hydrogens (tertiary/aromatic N) is 1. The predicted octanol–water partition coefficient (Wildman–Crippen LogP) is 4.05. The molecule has 1 aliphatic heterocycles. The van der Waals surface area contributed by atoms with Gasteiger partial charge in [-0.2, -0.15) is 0 Å². The van der Waals surface area contributed by atoms with Crippen LogP contribution in [0.15, 0.2) is 24.3 Å². The van der Waals surface area contributed by atoms with Crippen molar-refractivity contribution < 1.29 is 14.3 Å². The van der Waals surface area contributed by atoms with Crippen LogP contribution in [0.1, 0.15) is 57.9 Å². The third-order valence-electron chi connectivity index (χ3n) is 5.85. The molecule has 0 aromatic heterocycles. The maximum absolute atomic E-state index is 13.1. The number of anilines is 1. The second kappa shape index (κ2) is 8.11.